The van der Waals surface area contributed by atoms with Gasteiger partial charge in [-0.05, 0) is 18.9 Å². The Morgan fingerprint density at radius 2 is 2.05 bits per heavy atom. The summed E-state index contributed by atoms with van der Waals surface area (Å²) in [4.78, 5) is 38.7. The van der Waals surface area contributed by atoms with Crippen LogP contribution >= 0.6 is 0 Å². The minimum Gasteiger partial charge on any atom is -0.460 e. The molecule has 0 aliphatic carbocycles. The van der Waals surface area contributed by atoms with Crippen molar-refractivity contribution in [2.45, 2.75) is 37.8 Å². The van der Waals surface area contributed by atoms with Gasteiger partial charge >= 0.3 is 11.7 Å². The molecule has 1 aromatic rings. The minimum absolute atomic E-state index is 0.0988. The molecular weight excluding hydrogens is 264 g/mol. The summed E-state index contributed by atoms with van der Waals surface area (Å²) in [7, 11) is 0. The van der Waals surface area contributed by atoms with Crippen LogP contribution in [0.25, 0.3) is 0 Å². The van der Waals surface area contributed by atoms with Gasteiger partial charge in [0, 0.05) is 19.0 Å². The van der Waals surface area contributed by atoms with Crippen molar-refractivity contribution in [1.82, 2.24) is 9.66 Å². The fraction of sp³-hybridized carbons (Fsp3) is 0.500. The summed E-state index contributed by atoms with van der Waals surface area (Å²) in [6, 6.07) is 1.13. The lowest BCUT2D eigenvalue weighted by molar-refractivity contribution is -0.142. The number of carbonyl (C=O) groups is 2. The Balaban J connectivity index is 1.94. The molecule has 0 bridgehead atoms. The fourth-order valence-electron chi connectivity index (χ4n) is 2.71. The predicted molar refractivity (Wildman–Crippen MR) is 68.3 cm³/mol. The second kappa shape index (κ2) is 4.62. The van der Waals surface area contributed by atoms with Crippen molar-refractivity contribution >= 4 is 17.7 Å². The second-order valence-electron chi connectivity index (χ2n) is 4.89. The fourth-order valence-corrected chi connectivity index (χ4v) is 2.71. The standard InChI is InChI=1S/C12H14N4O4/c13-9-5-6-15(12(19)14-9)16-7(1-3-10(16)17)8-2-4-11(18)20-8/h5-8H,1-4H2,(H2,13,14,19). The number of rotatable bonds is 2. The van der Waals surface area contributed by atoms with Gasteiger partial charge in [0.25, 0.3) is 0 Å². The first-order chi connectivity index (χ1) is 9.56. The molecule has 8 nitrogen and oxygen atoms in total. The van der Waals surface area contributed by atoms with E-state index in [1.807, 2.05) is 0 Å². The van der Waals surface area contributed by atoms with E-state index in [9.17, 15) is 14.4 Å². The largest absolute Gasteiger partial charge is 0.460 e. The normalized spacial score (nSPS) is 26.1. The Labute approximate surface area is 114 Å². The van der Waals surface area contributed by atoms with Crippen LogP contribution < -0.4 is 16.4 Å². The van der Waals surface area contributed by atoms with Crippen LogP contribution in [0.4, 0.5) is 5.82 Å². The molecule has 0 saturated carbocycles. The molecule has 106 valence electrons. The molecule has 2 aliphatic rings. The maximum Gasteiger partial charge on any atom is 0.368 e. The van der Waals surface area contributed by atoms with E-state index in [1.54, 1.807) is 0 Å². The Morgan fingerprint density at radius 3 is 2.70 bits per heavy atom. The lowest BCUT2D eigenvalue weighted by atomic mass is 10.1. The molecule has 3 rings (SSSR count). The summed E-state index contributed by atoms with van der Waals surface area (Å²) in [6.45, 7) is 0. The molecule has 2 saturated heterocycles. The predicted octanol–water partition coefficient (Wildman–Crippen LogP) is -0.842. The van der Waals surface area contributed by atoms with E-state index >= 15 is 0 Å². The van der Waals surface area contributed by atoms with Gasteiger partial charge in [0.15, 0.2) is 0 Å². The Morgan fingerprint density at radius 1 is 1.25 bits per heavy atom. The van der Waals surface area contributed by atoms with Gasteiger partial charge in [-0.25, -0.2) is 14.5 Å². The van der Waals surface area contributed by atoms with Crippen molar-refractivity contribution < 1.29 is 14.3 Å². The quantitative estimate of drug-likeness (QED) is 0.707. The van der Waals surface area contributed by atoms with Crippen molar-refractivity contribution in [3.63, 3.8) is 0 Å². The first-order valence-electron chi connectivity index (χ1n) is 6.43. The lowest BCUT2D eigenvalue weighted by Gasteiger charge is -2.28. The zero-order valence-corrected chi connectivity index (χ0v) is 10.7. The Bertz CT molecular complexity index is 626. The van der Waals surface area contributed by atoms with Crippen LogP contribution in [-0.4, -0.2) is 33.7 Å². The number of hydrogen-bond donors (Lipinski definition) is 1. The number of carbonyl (C=O) groups excluding carboxylic acids is 2. The van der Waals surface area contributed by atoms with Crippen molar-refractivity contribution in [1.29, 1.82) is 0 Å². The monoisotopic (exact) mass is 278 g/mol. The number of nitrogen functional groups attached to an aromatic ring is 1. The van der Waals surface area contributed by atoms with Gasteiger partial charge in [-0.15, -0.1) is 0 Å². The van der Waals surface area contributed by atoms with Gasteiger partial charge in [-0.1, -0.05) is 0 Å². The van der Waals surface area contributed by atoms with Crippen molar-refractivity contribution in [3.8, 4) is 0 Å². The van der Waals surface area contributed by atoms with Crippen LogP contribution in [0.15, 0.2) is 17.1 Å². The number of esters is 1. The average Bonchev–Trinajstić information content (AvgIpc) is 2.96. The maximum absolute atomic E-state index is 12.0. The summed E-state index contributed by atoms with van der Waals surface area (Å²) >= 11 is 0. The van der Waals surface area contributed by atoms with Crippen molar-refractivity contribution in [2.24, 2.45) is 0 Å². The maximum atomic E-state index is 12.0. The van der Waals surface area contributed by atoms with Crippen LogP contribution in [0.2, 0.25) is 0 Å². The summed E-state index contributed by atoms with van der Waals surface area (Å²) in [6.07, 6.45) is 2.82. The first-order valence-corrected chi connectivity index (χ1v) is 6.43. The molecule has 0 spiro atoms. The van der Waals surface area contributed by atoms with Gasteiger partial charge < -0.3 is 10.5 Å². The molecule has 1 amide bonds. The number of nitrogens with zero attached hydrogens (tertiary/aromatic N) is 3. The van der Waals surface area contributed by atoms with Crippen molar-refractivity contribution in [2.75, 3.05) is 10.7 Å². The summed E-state index contributed by atoms with van der Waals surface area (Å²) in [5.74, 6) is -0.356. The third kappa shape index (κ3) is 2.02. The van der Waals surface area contributed by atoms with E-state index in [0.29, 0.717) is 25.7 Å². The van der Waals surface area contributed by atoms with Gasteiger partial charge in [0.05, 0.1) is 6.04 Å². The van der Waals surface area contributed by atoms with E-state index in [4.69, 9.17) is 10.5 Å². The van der Waals surface area contributed by atoms with Crippen LogP contribution in [0.5, 0.6) is 0 Å². The van der Waals surface area contributed by atoms with Gasteiger partial charge in [0.1, 0.15) is 11.9 Å². The first kappa shape index (κ1) is 12.6. The highest BCUT2D eigenvalue weighted by Gasteiger charge is 2.42. The molecule has 0 radical (unpaired) electrons. The highest BCUT2D eigenvalue weighted by atomic mass is 16.6. The van der Waals surface area contributed by atoms with E-state index in [1.165, 1.54) is 17.3 Å². The van der Waals surface area contributed by atoms with Crippen molar-refractivity contribution in [3.05, 3.63) is 22.7 Å². The third-order valence-corrected chi connectivity index (χ3v) is 3.61. The number of hydrogen-bond acceptors (Lipinski definition) is 6. The molecule has 2 atom stereocenters. The topological polar surface area (TPSA) is 108 Å². The number of nitrogens with two attached hydrogens (primary N) is 1. The Hall–Kier alpha value is -2.38. The second-order valence-corrected chi connectivity index (χ2v) is 4.89. The smallest absolute Gasteiger partial charge is 0.368 e. The molecule has 8 heteroatoms. The zero-order valence-electron chi connectivity index (χ0n) is 10.7. The summed E-state index contributed by atoms with van der Waals surface area (Å²) in [5, 5.41) is 1.33. The van der Waals surface area contributed by atoms with Gasteiger partial charge in [0.2, 0.25) is 5.91 Å². The molecule has 2 aliphatic heterocycles. The van der Waals surface area contributed by atoms with Gasteiger partial charge in [-0.3, -0.25) is 9.59 Å². The van der Waals surface area contributed by atoms with Crippen LogP contribution in [0.3, 0.4) is 0 Å². The highest BCUT2D eigenvalue weighted by molar-refractivity contribution is 5.89. The lowest BCUT2D eigenvalue weighted by Crippen LogP contribution is -2.52. The molecule has 0 aromatic carbocycles. The molecular formula is C12H14N4O4. The molecule has 2 fully saturated rings. The highest BCUT2D eigenvalue weighted by Crippen LogP contribution is 2.27. The van der Waals surface area contributed by atoms with E-state index in [2.05, 4.69) is 4.98 Å². The number of ether oxygens (including phenoxy) is 1. The van der Waals surface area contributed by atoms with Crippen LogP contribution in [0, 0.1) is 0 Å². The number of aromatic nitrogens is 2. The summed E-state index contributed by atoms with van der Waals surface area (Å²) in [5.41, 5.74) is 4.82. The van der Waals surface area contributed by atoms with Gasteiger partial charge in [-0.2, -0.15) is 4.98 Å². The third-order valence-electron chi connectivity index (χ3n) is 3.61. The van der Waals surface area contributed by atoms with E-state index in [0.717, 1.165) is 4.68 Å². The SMILES string of the molecule is Nc1ccn(N2C(=O)CCC2C2CCC(=O)O2)c(=O)n1. The number of amides is 1. The summed E-state index contributed by atoms with van der Waals surface area (Å²) < 4.78 is 6.36. The Kier molecular flexibility index (Phi) is 2.92. The van der Waals surface area contributed by atoms with E-state index < -0.39 is 5.69 Å². The number of cyclic esters (lactones) is 1. The van der Waals surface area contributed by atoms with Crippen LogP contribution in [0.1, 0.15) is 25.7 Å². The molecule has 2 unspecified atom stereocenters. The van der Waals surface area contributed by atoms with Crippen LogP contribution in [-0.2, 0) is 14.3 Å². The molecule has 2 N–H and O–H groups in total. The zero-order chi connectivity index (χ0) is 14.3. The molecule has 3 heterocycles. The minimum atomic E-state index is -0.616. The van der Waals surface area contributed by atoms with E-state index in [-0.39, 0.29) is 29.8 Å². The molecule has 1 aromatic heterocycles. The number of anilines is 1. The average molecular weight is 278 g/mol. The molecule has 20 heavy (non-hydrogen) atoms.